The number of aromatic carboxylic acids is 1. The lowest BCUT2D eigenvalue weighted by atomic mass is 10.0. The highest BCUT2D eigenvalue weighted by atomic mass is 16.6. The largest absolute Gasteiger partial charge is 0.477 e. The maximum atomic E-state index is 12.0. The van der Waals surface area contributed by atoms with Crippen LogP contribution < -0.4 is 5.32 Å². The molecule has 2 heterocycles. The van der Waals surface area contributed by atoms with E-state index in [-0.39, 0.29) is 22.5 Å². The Morgan fingerprint density at radius 1 is 1.41 bits per heavy atom. The second kappa shape index (κ2) is 4.81. The number of nitro benzene ring substituents is 1. The number of hydrogen-bond donors (Lipinski definition) is 3. The first-order valence-corrected chi connectivity index (χ1v) is 6.06. The number of carboxylic acid groups (broad SMARTS) is 1. The number of nitro groups is 1. The summed E-state index contributed by atoms with van der Waals surface area (Å²) in [5, 5.41) is 28.4. The normalized spacial score (nSPS) is 14.7. The molecule has 0 fully saturated rings. The average Bonchev–Trinajstić information content (AvgIpc) is 3.04. The molecule has 0 spiro atoms. The number of aromatic amines is 1. The molecule has 1 amide bonds. The molecule has 1 aliphatic rings. The summed E-state index contributed by atoms with van der Waals surface area (Å²) in [5.74, 6) is -1.69. The summed E-state index contributed by atoms with van der Waals surface area (Å²) in [5.41, 5.74) is 0.796. The number of nitrogens with one attached hydrogen (secondary N) is 2. The third-order valence-corrected chi connectivity index (χ3v) is 3.18. The van der Waals surface area contributed by atoms with Gasteiger partial charge in [0.1, 0.15) is 0 Å². The number of amides is 1. The topological polar surface area (TPSA) is 138 Å². The number of aromatic nitrogens is 2. The molecule has 0 radical (unpaired) electrons. The van der Waals surface area contributed by atoms with Crippen molar-refractivity contribution in [1.29, 1.82) is 0 Å². The predicted octanol–water partition coefficient (Wildman–Crippen LogP) is 1.51. The Labute approximate surface area is 122 Å². The quantitative estimate of drug-likeness (QED) is 0.446. The Kier molecular flexibility index (Phi) is 2.95. The maximum absolute atomic E-state index is 12.0. The number of non-ortho nitro benzene ring substituents is 1. The van der Waals surface area contributed by atoms with Crippen LogP contribution in [0.1, 0.15) is 21.6 Å². The smallest absolute Gasteiger partial charge is 0.354 e. The minimum atomic E-state index is -1.22. The number of hydrogen-bond acceptors (Lipinski definition) is 5. The van der Waals surface area contributed by atoms with Gasteiger partial charge in [0.05, 0.1) is 11.1 Å². The van der Waals surface area contributed by atoms with Gasteiger partial charge in [0, 0.05) is 34.5 Å². The summed E-state index contributed by atoms with van der Waals surface area (Å²) in [6.45, 7) is 0. The molecule has 0 saturated heterocycles. The van der Waals surface area contributed by atoms with E-state index < -0.39 is 16.8 Å². The van der Waals surface area contributed by atoms with Gasteiger partial charge in [-0.25, -0.2) is 4.79 Å². The van der Waals surface area contributed by atoms with E-state index in [0.29, 0.717) is 11.3 Å². The van der Waals surface area contributed by atoms with Crippen LogP contribution >= 0.6 is 0 Å². The van der Waals surface area contributed by atoms with Crippen LogP contribution in [0.5, 0.6) is 0 Å². The first kappa shape index (κ1) is 13.5. The number of carbonyl (C=O) groups is 2. The van der Waals surface area contributed by atoms with E-state index in [2.05, 4.69) is 15.5 Å². The van der Waals surface area contributed by atoms with Crippen LogP contribution in [0, 0.1) is 10.1 Å². The zero-order chi connectivity index (χ0) is 15.9. The summed E-state index contributed by atoms with van der Waals surface area (Å²) < 4.78 is 0. The molecule has 0 bridgehead atoms. The van der Waals surface area contributed by atoms with E-state index in [9.17, 15) is 19.7 Å². The molecule has 3 N–H and O–H groups in total. The van der Waals surface area contributed by atoms with E-state index in [1.165, 1.54) is 30.5 Å². The van der Waals surface area contributed by atoms with E-state index in [1.54, 1.807) is 0 Å². The van der Waals surface area contributed by atoms with Crippen LogP contribution in [0.2, 0.25) is 0 Å². The van der Waals surface area contributed by atoms with Crippen molar-refractivity contribution in [2.75, 3.05) is 5.32 Å². The Balaban J connectivity index is 2.13. The lowest BCUT2D eigenvalue weighted by molar-refractivity contribution is -0.384. The van der Waals surface area contributed by atoms with Crippen LogP contribution in [0.25, 0.3) is 11.6 Å². The third kappa shape index (κ3) is 2.10. The van der Waals surface area contributed by atoms with Gasteiger partial charge < -0.3 is 10.4 Å². The number of anilines is 1. The molecule has 2 aromatic rings. The maximum Gasteiger partial charge on any atom is 0.354 e. The molecule has 0 atom stereocenters. The molecule has 110 valence electrons. The van der Waals surface area contributed by atoms with E-state index >= 15 is 0 Å². The van der Waals surface area contributed by atoms with Crippen LogP contribution in [0.4, 0.5) is 11.4 Å². The Hall–Kier alpha value is -3.49. The third-order valence-electron chi connectivity index (χ3n) is 3.18. The predicted molar refractivity (Wildman–Crippen MR) is 75.1 cm³/mol. The minimum absolute atomic E-state index is 0.141. The standard InChI is InChI=1S/C13H8N4O5/c18-12-9(3-6-5-14-16-11(6)13(19)20)8-4-7(17(21)22)1-2-10(8)15-12/h1-5H,(H,14,16)(H,15,18)(H,19,20). The minimum Gasteiger partial charge on any atom is -0.477 e. The van der Waals surface area contributed by atoms with Crippen molar-refractivity contribution in [3.63, 3.8) is 0 Å². The fourth-order valence-electron chi connectivity index (χ4n) is 2.16. The van der Waals surface area contributed by atoms with Gasteiger partial charge in [-0.3, -0.25) is 20.0 Å². The molecule has 3 rings (SSSR count). The molecule has 9 heteroatoms. The number of benzene rings is 1. The Morgan fingerprint density at radius 2 is 2.18 bits per heavy atom. The zero-order valence-corrected chi connectivity index (χ0v) is 10.9. The van der Waals surface area contributed by atoms with Gasteiger partial charge in [-0.1, -0.05) is 0 Å². The lowest BCUT2D eigenvalue weighted by Gasteiger charge is -1.98. The van der Waals surface area contributed by atoms with Crippen LogP contribution in [0.3, 0.4) is 0 Å². The SMILES string of the molecule is O=C1Nc2ccc([N+](=O)[O-])cc2C1=Cc1cn[nH]c1C(=O)O. The molecule has 22 heavy (non-hydrogen) atoms. The van der Waals surface area contributed by atoms with Crippen molar-refractivity contribution in [3.05, 3.63) is 51.3 Å². The molecule has 1 aromatic carbocycles. The molecular formula is C13H8N4O5. The van der Waals surface area contributed by atoms with E-state index in [4.69, 9.17) is 5.11 Å². The fourth-order valence-corrected chi connectivity index (χ4v) is 2.16. The van der Waals surface area contributed by atoms with Gasteiger partial charge in [0.15, 0.2) is 5.69 Å². The molecule has 9 nitrogen and oxygen atoms in total. The molecule has 0 aliphatic carbocycles. The van der Waals surface area contributed by atoms with Crippen molar-refractivity contribution < 1.29 is 19.6 Å². The zero-order valence-electron chi connectivity index (χ0n) is 10.9. The fraction of sp³-hybridized carbons (Fsp3) is 0. The summed E-state index contributed by atoms with van der Waals surface area (Å²) in [4.78, 5) is 33.3. The highest BCUT2D eigenvalue weighted by Gasteiger charge is 2.27. The molecule has 0 saturated carbocycles. The van der Waals surface area contributed by atoms with Gasteiger partial charge in [0.25, 0.3) is 11.6 Å². The first-order valence-electron chi connectivity index (χ1n) is 6.06. The van der Waals surface area contributed by atoms with Crippen LogP contribution in [0.15, 0.2) is 24.4 Å². The van der Waals surface area contributed by atoms with Crippen molar-refractivity contribution in [2.45, 2.75) is 0 Å². The number of fused-ring (bicyclic) bond motifs is 1. The number of nitrogens with zero attached hydrogens (tertiary/aromatic N) is 2. The summed E-state index contributed by atoms with van der Waals surface area (Å²) in [7, 11) is 0. The highest BCUT2D eigenvalue weighted by Crippen LogP contribution is 2.35. The second-order valence-electron chi connectivity index (χ2n) is 4.50. The number of rotatable bonds is 3. The molecule has 0 unspecified atom stereocenters. The molecular weight excluding hydrogens is 292 g/mol. The molecule has 1 aliphatic heterocycles. The summed E-state index contributed by atoms with van der Waals surface area (Å²) in [6.07, 6.45) is 2.59. The van der Waals surface area contributed by atoms with Crippen molar-refractivity contribution in [2.24, 2.45) is 0 Å². The Bertz CT molecular complexity index is 852. The van der Waals surface area contributed by atoms with E-state index in [1.807, 2.05) is 0 Å². The summed E-state index contributed by atoms with van der Waals surface area (Å²) >= 11 is 0. The van der Waals surface area contributed by atoms with Gasteiger partial charge in [-0.2, -0.15) is 5.10 Å². The van der Waals surface area contributed by atoms with Gasteiger partial charge in [0.2, 0.25) is 0 Å². The summed E-state index contributed by atoms with van der Waals surface area (Å²) in [6, 6.07) is 3.97. The first-order chi connectivity index (χ1) is 10.5. The molecule has 1 aromatic heterocycles. The van der Waals surface area contributed by atoms with Gasteiger partial charge in [-0.05, 0) is 12.1 Å². The van der Waals surface area contributed by atoms with Gasteiger partial charge in [-0.15, -0.1) is 0 Å². The number of H-pyrrole nitrogens is 1. The average molecular weight is 300 g/mol. The highest BCUT2D eigenvalue weighted by molar-refractivity contribution is 6.35. The Morgan fingerprint density at radius 3 is 2.86 bits per heavy atom. The number of carbonyl (C=O) groups excluding carboxylic acids is 1. The van der Waals surface area contributed by atoms with Crippen LogP contribution in [-0.4, -0.2) is 32.1 Å². The monoisotopic (exact) mass is 300 g/mol. The van der Waals surface area contributed by atoms with Crippen molar-refractivity contribution >= 4 is 34.9 Å². The van der Waals surface area contributed by atoms with E-state index in [0.717, 1.165) is 0 Å². The van der Waals surface area contributed by atoms with Crippen molar-refractivity contribution in [1.82, 2.24) is 10.2 Å². The van der Waals surface area contributed by atoms with Gasteiger partial charge >= 0.3 is 5.97 Å². The van der Waals surface area contributed by atoms with Crippen LogP contribution in [-0.2, 0) is 4.79 Å². The van der Waals surface area contributed by atoms with Crippen molar-refractivity contribution in [3.8, 4) is 0 Å². The number of carboxylic acids is 1. The lowest BCUT2D eigenvalue weighted by Crippen LogP contribution is -2.04. The second-order valence-corrected chi connectivity index (χ2v) is 4.50.